The number of pyridine rings is 1. The van der Waals surface area contributed by atoms with Crippen LogP contribution in [0.1, 0.15) is 42.0 Å². The third kappa shape index (κ3) is 3.26. The van der Waals surface area contributed by atoms with E-state index in [0.29, 0.717) is 17.0 Å². The summed E-state index contributed by atoms with van der Waals surface area (Å²) in [5, 5.41) is 22.4. The predicted molar refractivity (Wildman–Crippen MR) is 103 cm³/mol. The van der Waals surface area contributed by atoms with Gasteiger partial charge in [-0.15, -0.1) is 10.2 Å². The zero-order valence-electron chi connectivity index (χ0n) is 15.4. The van der Waals surface area contributed by atoms with Gasteiger partial charge in [-0.3, -0.25) is 19.3 Å². The van der Waals surface area contributed by atoms with Crippen LogP contribution >= 0.6 is 0 Å². The Morgan fingerprint density at radius 3 is 2.75 bits per heavy atom. The van der Waals surface area contributed by atoms with Crippen molar-refractivity contribution in [3.8, 4) is 0 Å². The number of carbonyl (C=O) groups is 1. The fourth-order valence-electron chi connectivity index (χ4n) is 3.55. The summed E-state index contributed by atoms with van der Waals surface area (Å²) in [6.45, 7) is 3.49. The monoisotopic (exact) mass is 380 g/mol. The number of aromatic nitrogens is 3. The average Bonchev–Trinajstić information content (AvgIpc) is 3.37. The molecule has 2 aromatic heterocycles. The maximum absolute atomic E-state index is 13.0. The fraction of sp³-hybridized carbons (Fsp3) is 0.316. The van der Waals surface area contributed by atoms with Crippen LogP contribution in [-0.2, 0) is 0 Å². The second kappa shape index (κ2) is 7.26. The largest absolute Gasteiger partial charge is 0.371 e. The lowest BCUT2D eigenvalue weighted by molar-refractivity contribution is -0.384. The molecule has 0 spiro atoms. The molecule has 4 rings (SSSR count). The Kier molecular flexibility index (Phi) is 4.64. The molecular weight excluding hydrogens is 360 g/mol. The maximum Gasteiger partial charge on any atom is 0.270 e. The van der Waals surface area contributed by atoms with E-state index in [-0.39, 0.29) is 11.6 Å². The van der Waals surface area contributed by atoms with Crippen LogP contribution in [0.5, 0.6) is 0 Å². The number of fused-ring (bicyclic) bond motifs is 1. The highest BCUT2D eigenvalue weighted by Crippen LogP contribution is 2.29. The number of rotatable bonds is 5. The number of benzene rings is 1. The summed E-state index contributed by atoms with van der Waals surface area (Å²) in [4.78, 5) is 25.8. The molecule has 1 atom stereocenters. The van der Waals surface area contributed by atoms with Crippen LogP contribution in [0.3, 0.4) is 0 Å². The normalized spacial score (nSPS) is 15.0. The van der Waals surface area contributed by atoms with E-state index >= 15 is 0 Å². The van der Waals surface area contributed by atoms with Crippen molar-refractivity contribution in [2.24, 2.45) is 0 Å². The lowest BCUT2D eigenvalue weighted by Gasteiger charge is -2.21. The molecule has 1 fully saturated rings. The molecule has 0 aliphatic carbocycles. The fourth-order valence-corrected chi connectivity index (χ4v) is 3.55. The summed E-state index contributed by atoms with van der Waals surface area (Å²) in [6.07, 6.45) is 3.91. The highest BCUT2D eigenvalue weighted by Gasteiger charge is 2.24. The van der Waals surface area contributed by atoms with Crippen LogP contribution in [0.2, 0.25) is 0 Å². The Bertz CT molecular complexity index is 1040. The van der Waals surface area contributed by atoms with E-state index < -0.39 is 11.0 Å². The minimum atomic E-state index is -0.486. The Morgan fingerprint density at radius 1 is 1.21 bits per heavy atom. The van der Waals surface area contributed by atoms with E-state index in [1.165, 1.54) is 12.1 Å². The molecule has 1 aromatic carbocycles. The predicted octanol–water partition coefficient (Wildman–Crippen LogP) is 2.73. The molecule has 0 bridgehead atoms. The van der Waals surface area contributed by atoms with Gasteiger partial charge in [-0.2, -0.15) is 0 Å². The summed E-state index contributed by atoms with van der Waals surface area (Å²) in [5.41, 5.74) is 1.61. The van der Waals surface area contributed by atoms with Gasteiger partial charge in [0.25, 0.3) is 11.6 Å². The molecule has 1 saturated heterocycles. The standard InChI is InChI=1S/C19H20N6O3/c1-13(18-22-21-17-6-2-3-11-24(17)18)20-19(26)15-12-14(25(27)28)7-8-16(15)23-9-4-5-10-23/h2-3,6-8,11-13H,4-5,9-10H2,1H3,(H,20,26). The van der Waals surface area contributed by atoms with Crippen LogP contribution < -0.4 is 10.2 Å². The Labute approximate surface area is 161 Å². The van der Waals surface area contributed by atoms with Gasteiger partial charge in [-0.05, 0) is 38.0 Å². The van der Waals surface area contributed by atoms with Gasteiger partial charge in [0.05, 0.1) is 22.2 Å². The number of hydrogen-bond donors (Lipinski definition) is 1. The quantitative estimate of drug-likeness (QED) is 0.539. The lowest BCUT2D eigenvalue weighted by Crippen LogP contribution is -2.30. The molecule has 3 heterocycles. The van der Waals surface area contributed by atoms with Crippen molar-refractivity contribution < 1.29 is 9.72 Å². The van der Waals surface area contributed by atoms with Gasteiger partial charge in [0.15, 0.2) is 11.5 Å². The zero-order chi connectivity index (χ0) is 19.7. The number of nitrogens with zero attached hydrogens (tertiary/aromatic N) is 5. The van der Waals surface area contributed by atoms with E-state index in [9.17, 15) is 14.9 Å². The van der Waals surface area contributed by atoms with Gasteiger partial charge in [0, 0.05) is 31.4 Å². The average molecular weight is 380 g/mol. The Hall–Kier alpha value is -3.49. The molecule has 3 aromatic rings. The van der Waals surface area contributed by atoms with Crippen molar-refractivity contribution in [3.05, 3.63) is 64.1 Å². The van der Waals surface area contributed by atoms with E-state index in [1.807, 2.05) is 31.3 Å². The Morgan fingerprint density at radius 2 is 2.00 bits per heavy atom. The minimum Gasteiger partial charge on any atom is -0.371 e. The molecule has 1 amide bonds. The molecule has 1 N–H and O–H groups in total. The van der Waals surface area contributed by atoms with Gasteiger partial charge in [0.1, 0.15) is 0 Å². The van der Waals surface area contributed by atoms with Gasteiger partial charge < -0.3 is 10.2 Å². The van der Waals surface area contributed by atoms with Crippen molar-refractivity contribution in [1.29, 1.82) is 0 Å². The first-order valence-corrected chi connectivity index (χ1v) is 9.18. The lowest BCUT2D eigenvalue weighted by atomic mass is 10.1. The topological polar surface area (TPSA) is 106 Å². The summed E-state index contributed by atoms with van der Waals surface area (Å²) >= 11 is 0. The van der Waals surface area contributed by atoms with Crippen molar-refractivity contribution in [3.63, 3.8) is 0 Å². The van der Waals surface area contributed by atoms with E-state index in [2.05, 4.69) is 20.4 Å². The van der Waals surface area contributed by atoms with Crippen molar-refractivity contribution in [2.75, 3.05) is 18.0 Å². The zero-order valence-corrected chi connectivity index (χ0v) is 15.4. The third-order valence-corrected chi connectivity index (χ3v) is 4.96. The van der Waals surface area contributed by atoms with Crippen LogP contribution in [0.4, 0.5) is 11.4 Å². The molecule has 9 heteroatoms. The van der Waals surface area contributed by atoms with Gasteiger partial charge in [-0.1, -0.05) is 6.07 Å². The smallest absolute Gasteiger partial charge is 0.270 e. The SMILES string of the molecule is CC(NC(=O)c1cc([N+](=O)[O-])ccc1N1CCCC1)c1nnc2ccccn12. The van der Waals surface area contributed by atoms with Crippen LogP contribution in [0.25, 0.3) is 5.65 Å². The van der Waals surface area contributed by atoms with Gasteiger partial charge in [-0.25, -0.2) is 0 Å². The molecule has 1 aliphatic heterocycles. The summed E-state index contributed by atoms with van der Waals surface area (Å²) in [6, 6.07) is 9.59. The molecular formula is C19H20N6O3. The van der Waals surface area contributed by atoms with Crippen LogP contribution in [0.15, 0.2) is 42.6 Å². The van der Waals surface area contributed by atoms with E-state index in [1.54, 1.807) is 10.5 Å². The molecule has 144 valence electrons. The number of non-ortho nitro benzene ring substituents is 1. The highest BCUT2D eigenvalue weighted by atomic mass is 16.6. The van der Waals surface area contributed by atoms with E-state index in [0.717, 1.165) is 31.6 Å². The number of nitro groups is 1. The molecule has 9 nitrogen and oxygen atoms in total. The number of carbonyl (C=O) groups excluding carboxylic acids is 1. The molecule has 0 radical (unpaired) electrons. The molecule has 1 unspecified atom stereocenters. The molecule has 28 heavy (non-hydrogen) atoms. The van der Waals surface area contributed by atoms with Gasteiger partial charge >= 0.3 is 0 Å². The van der Waals surface area contributed by atoms with Crippen molar-refractivity contribution in [2.45, 2.75) is 25.8 Å². The number of nitro benzene ring substituents is 1. The first-order chi connectivity index (χ1) is 13.5. The second-order valence-corrected chi connectivity index (χ2v) is 6.83. The Balaban J connectivity index is 1.64. The number of nitrogens with one attached hydrogen (secondary N) is 1. The van der Waals surface area contributed by atoms with Crippen molar-refractivity contribution in [1.82, 2.24) is 19.9 Å². The first kappa shape index (κ1) is 17.9. The highest BCUT2D eigenvalue weighted by molar-refractivity contribution is 6.00. The summed E-state index contributed by atoms with van der Waals surface area (Å²) in [7, 11) is 0. The molecule has 1 aliphatic rings. The minimum absolute atomic E-state index is 0.103. The number of amides is 1. The third-order valence-electron chi connectivity index (χ3n) is 4.96. The molecule has 0 saturated carbocycles. The second-order valence-electron chi connectivity index (χ2n) is 6.83. The van der Waals surface area contributed by atoms with Crippen LogP contribution in [0, 0.1) is 10.1 Å². The van der Waals surface area contributed by atoms with Gasteiger partial charge in [0.2, 0.25) is 0 Å². The summed E-state index contributed by atoms with van der Waals surface area (Å²) < 4.78 is 1.81. The van der Waals surface area contributed by atoms with Crippen molar-refractivity contribution >= 4 is 22.9 Å². The number of anilines is 1. The first-order valence-electron chi connectivity index (χ1n) is 9.18. The number of hydrogen-bond acceptors (Lipinski definition) is 6. The van der Waals surface area contributed by atoms with Crippen LogP contribution in [-0.4, -0.2) is 38.5 Å². The summed E-state index contributed by atoms with van der Waals surface area (Å²) in [5.74, 6) is 0.225. The maximum atomic E-state index is 13.0. The van der Waals surface area contributed by atoms with E-state index in [4.69, 9.17) is 0 Å².